The lowest BCUT2D eigenvalue weighted by Gasteiger charge is -2.35. The van der Waals surface area contributed by atoms with E-state index in [1.54, 1.807) is 6.07 Å². The molecule has 7 heteroatoms. The average molecular weight is 388 g/mol. The summed E-state index contributed by atoms with van der Waals surface area (Å²) in [5, 5.41) is 4.07. The largest absolute Gasteiger partial charge is 0.379 e. The summed E-state index contributed by atoms with van der Waals surface area (Å²) < 4.78 is 10.9. The van der Waals surface area contributed by atoms with E-state index in [-0.39, 0.29) is 11.9 Å². The summed E-state index contributed by atoms with van der Waals surface area (Å²) in [6.45, 7) is 5.09. The first-order valence-corrected chi connectivity index (χ1v) is 10.7. The zero-order valence-corrected chi connectivity index (χ0v) is 16.2. The molecule has 2 aliphatic rings. The van der Waals surface area contributed by atoms with Crippen LogP contribution in [0.15, 0.2) is 40.9 Å². The van der Waals surface area contributed by atoms with Gasteiger partial charge in [0.2, 0.25) is 0 Å². The van der Waals surface area contributed by atoms with Gasteiger partial charge in [-0.15, -0.1) is 0 Å². The second kappa shape index (κ2) is 8.91. The lowest BCUT2D eigenvalue weighted by Crippen LogP contribution is -2.50. The third-order valence-corrected chi connectivity index (χ3v) is 6.26. The lowest BCUT2D eigenvalue weighted by molar-refractivity contribution is 0.0243. The van der Waals surface area contributed by atoms with Crippen molar-refractivity contribution in [2.45, 2.75) is 12.5 Å². The van der Waals surface area contributed by atoms with Crippen molar-refractivity contribution in [3.05, 3.63) is 42.1 Å². The van der Waals surface area contributed by atoms with Gasteiger partial charge in [-0.1, -0.05) is 35.5 Å². The molecule has 144 valence electrons. The zero-order chi connectivity index (χ0) is 18.5. The molecule has 6 nitrogen and oxygen atoms in total. The number of carbonyl (C=O) groups is 1. The van der Waals surface area contributed by atoms with E-state index in [0.717, 1.165) is 62.9 Å². The van der Waals surface area contributed by atoms with Crippen LogP contribution in [-0.4, -0.2) is 77.8 Å². The summed E-state index contributed by atoms with van der Waals surface area (Å²) in [5.74, 6) is 2.67. The average Bonchev–Trinajstić information content (AvgIpc) is 3.10. The number of morpholine rings is 1. The molecule has 0 bridgehead atoms. The van der Waals surface area contributed by atoms with Crippen molar-refractivity contribution in [1.29, 1.82) is 0 Å². The van der Waals surface area contributed by atoms with Crippen LogP contribution in [0.5, 0.6) is 0 Å². The van der Waals surface area contributed by atoms with Crippen LogP contribution < -0.4 is 0 Å². The summed E-state index contributed by atoms with van der Waals surface area (Å²) in [6, 6.07) is 11.7. The minimum Gasteiger partial charge on any atom is -0.379 e. The number of amides is 1. The number of aromatic nitrogens is 1. The first kappa shape index (κ1) is 18.5. The molecule has 2 aliphatic heterocycles. The van der Waals surface area contributed by atoms with Gasteiger partial charge in [-0.05, 0) is 12.2 Å². The molecule has 0 saturated carbocycles. The molecule has 3 heterocycles. The fourth-order valence-corrected chi connectivity index (χ4v) is 4.65. The first-order valence-electron chi connectivity index (χ1n) is 9.52. The Bertz CT molecular complexity index is 746. The smallest absolute Gasteiger partial charge is 0.276 e. The van der Waals surface area contributed by atoms with Crippen LogP contribution in [0.1, 0.15) is 16.9 Å². The number of benzene rings is 1. The predicted octanol–water partition coefficient (Wildman–Crippen LogP) is 2.62. The highest BCUT2D eigenvalue weighted by atomic mass is 32.2. The summed E-state index contributed by atoms with van der Waals surface area (Å²) in [7, 11) is 0. The van der Waals surface area contributed by atoms with E-state index in [1.807, 2.05) is 47.0 Å². The summed E-state index contributed by atoms with van der Waals surface area (Å²) in [5.41, 5.74) is 1.33. The Morgan fingerprint density at radius 1 is 1.19 bits per heavy atom. The standard InChI is InChI=1S/C20H25N3O3S/c24-20(18-13-19(26-21-18)16-5-2-1-3-6-16)23-7-4-12-27-15-17(23)14-22-8-10-25-11-9-22/h1-3,5-6,13,17H,4,7-12,14-15H2. The van der Waals surface area contributed by atoms with Gasteiger partial charge in [0.25, 0.3) is 5.91 Å². The monoisotopic (exact) mass is 387 g/mol. The molecule has 1 aromatic carbocycles. The van der Waals surface area contributed by atoms with Gasteiger partial charge in [-0.25, -0.2) is 0 Å². The number of hydrogen-bond acceptors (Lipinski definition) is 6. The van der Waals surface area contributed by atoms with E-state index in [2.05, 4.69) is 10.1 Å². The van der Waals surface area contributed by atoms with Crippen LogP contribution in [0, 0.1) is 0 Å². The molecule has 0 spiro atoms. The molecule has 0 N–H and O–H groups in total. The normalized spacial score (nSPS) is 21.8. The Morgan fingerprint density at radius 2 is 2.00 bits per heavy atom. The second-order valence-corrected chi connectivity index (χ2v) is 8.09. The van der Waals surface area contributed by atoms with Crippen LogP contribution in [0.25, 0.3) is 11.3 Å². The highest BCUT2D eigenvalue weighted by Gasteiger charge is 2.30. The highest BCUT2D eigenvalue weighted by Crippen LogP contribution is 2.23. The lowest BCUT2D eigenvalue weighted by atomic mass is 10.1. The van der Waals surface area contributed by atoms with Crippen LogP contribution in [0.3, 0.4) is 0 Å². The molecular formula is C20H25N3O3S. The Kier molecular flexibility index (Phi) is 6.11. The molecule has 1 unspecified atom stereocenters. The van der Waals surface area contributed by atoms with E-state index >= 15 is 0 Å². The van der Waals surface area contributed by atoms with Gasteiger partial charge in [-0.2, -0.15) is 11.8 Å². The third-order valence-electron chi connectivity index (χ3n) is 5.06. The Hall–Kier alpha value is -1.83. The van der Waals surface area contributed by atoms with Crippen molar-refractivity contribution in [3.8, 4) is 11.3 Å². The molecule has 0 aliphatic carbocycles. The van der Waals surface area contributed by atoms with Crippen molar-refractivity contribution in [2.24, 2.45) is 0 Å². The number of nitrogens with zero attached hydrogens (tertiary/aromatic N) is 3. The van der Waals surface area contributed by atoms with Crippen LogP contribution in [-0.2, 0) is 4.74 Å². The van der Waals surface area contributed by atoms with Gasteiger partial charge in [0, 0.05) is 43.6 Å². The van der Waals surface area contributed by atoms with Crippen molar-refractivity contribution in [3.63, 3.8) is 0 Å². The molecular weight excluding hydrogens is 362 g/mol. The quantitative estimate of drug-likeness (QED) is 0.804. The second-order valence-electron chi connectivity index (χ2n) is 6.94. The van der Waals surface area contributed by atoms with E-state index < -0.39 is 0 Å². The molecule has 1 amide bonds. The van der Waals surface area contributed by atoms with Gasteiger partial charge >= 0.3 is 0 Å². The molecule has 0 radical (unpaired) electrons. The van der Waals surface area contributed by atoms with Gasteiger partial charge < -0.3 is 14.2 Å². The Morgan fingerprint density at radius 3 is 2.81 bits per heavy atom. The predicted molar refractivity (Wildman–Crippen MR) is 106 cm³/mol. The van der Waals surface area contributed by atoms with Crippen LogP contribution in [0.2, 0.25) is 0 Å². The van der Waals surface area contributed by atoms with E-state index in [4.69, 9.17) is 9.26 Å². The van der Waals surface area contributed by atoms with Gasteiger partial charge in [0.1, 0.15) is 0 Å². The summed E-state index contributed by atoms with van der Waals surface area (Å²) in [4.78, 5) is 17.6. The molecule has 27 heavy (non-hydrogen) atoms. The SMILES string of the molecule is O=C(c1cc(-c2ccccc2)on1)N1CCCSCC1CN1CCOCC1. The molecule has 2 aromatic rings. The number of ether oxygens (including phenoxy) is 1. The number of carbonyl (C=O) groups excluding carboxylic acids is 1. The Balaban J connectivity index is 1.50. The van der Waals surface area contributed by atoms with Crippen molar-refractivity contribution >= 4 is 17.7 Å². The Labute approximate surface area is 163 Å². The zero-order valence-electron chi connectivity index (χ0n) is 15.4. The minimum absolute atomic E-state index is 0.0262. The van der Waals surface area contributed by atoms with Gasteiger partial charge in [0.05, 0.1) is 19.3 Å². The summed E-state index contributed by atoms with van der Waals surface area (Å²) >= 11 is 1.94. The maximum absolute atomic E-state index is 13.2. The van der Waals surface area contributed by atoms with E-state index in [9.17, 15) is 4.79 Å². The topological polar surface area (TPSA) is 58.8 Å². The van der Waals surface area contributed by atoms with Crippen LogP contribution >= 0.6 is 11.8 Å². The molecule has 2 fully saturated rings. The molecule has 1 atom stereocenters. The van der Waals surface area contributed by atoms with Crippen molar-refractivity contribution in [1.82, 2.24) is 15.0 Å². The maximum Gasteiger partial charge on any atom is 0.276 e. The van der Waals surface area contributed by atoms with E-state index in [0.29, 0.717) is 11.5 Å². The van der Waals surface area contributed by atoms with Crippen molar-refractivity contribution in [2.75, 3.05) is 50.9 Å². The van der Waals surface area contributed by atoms with Crippen molar-refractivity contribution < 1.29 is 14.1 Å². The fourth-order valence-electron chi connectivity index (χ4n) is 3.59. The minimum atomic E-state index is -0.0262. The third kappa shape index (κ3) is 4.54. The van der Waals surface area contributed by atoms with E-state index in [1.165, 1.54) is 0 Å². The number of thioether (sulfide) groups is 1. The molecule has 2 saturated heterocycles. The fraction of sp³-hybridized carbons (Fsp3) is 0.500. The summed E-state index contributed by atoms with van der Waals surface area (Å²) in [6.07, 6.45) is 1.01. The number of rotatable bonds is 4. The van der Waals surface area contributed by atoms with Gasteiger partial charge in [-0.3, -0.25) is 9.69 Å². The molecule has 1 aromatic heterocycles. The maximum atomic E-state index is 13.2. The first-order chi connectivity index (χ1) is 13.3. The highest BCUT2D eigenvalue weighted by molar-refractivity contribution is 7.99. The number of hydrogen-bond donors (Lipinski definition) is 0. The van der Waals surface area contributed by atoms with Gasteiger partial charge in [0.15, 0.2) is 11.5 Å². The van der Waals surface area contributed by atoms with Crippen LogP contribution in [0.4, 0.5) is 0 Å². The molecule has 4 rings (SSSR count).